The molecule has 0 bridgehead atoms. The van der Waals surface area contributed by atoms with E-state index in [-0.39, 0.29) is 5.92 Å². The first kappa shape index (κ1) is 15.8. The number of rotatable bonds is 3. The van der Waals surface area contributed by atoms with Gasteiger partial charge in [0.1, 0.15) is 12.7 Å². The van der Waals surface area contributed by atoms with Crippen molar-refractivity contribution in [3.63, 3.8) is 0 Å². The zero-order chi connectivity index (χ0) is 15.0. The first-order valence-corrected chi connectivity index (χ1v) is 9.24. The van der Waals surface area contributed by atoms with Crippen molar-refractivity contribution in [1.82, 2.24) is 4.90 Å². The van der Waals surface area contributed by atoms with Gasteiger partial charge in [-0.3, -0.25) is 4.79 Å². The number of carbonyl (C=O) groups is 1. The number of piperidine rings is 1. The fourth-order valence-corrected chi connectivity index (χ4v) is 4.93. The summed E-state index contributed by atoms with van der Waals surface area (Å²) in [5.74, 6) is 1.61. The maximum Gasteiger partial charge on any atom is 0.189 e. The molecule has 120 valence electrons. The topological polar surface area (TPSA) is 24.8 Å². The number of ketones is 1. The van der Waals surface area contributed by atoms with E-state index in [4.69, 9.17) is 11.6 Å². The van der Waals surface area contributed by atoms with Gasteiger partial charge in [0.2, 0.25) is 0 Å². The number of nitrogens with zero attached hydrogens (tertiary/aromatic N) is 1. The van der Waals surface area contributed by atoms with Gasteiger partial charge in [0.05, 0.1) is 12.6 Å². The summed E-state index contributed by atoms with van der Waals surface area (Å²) in [6.45, 7) is 7.82. The van der Waals surface area contributed by atoms with Crippen molar-refractivity contribution in [2.45, 2.75) is 70.0 Å². The number of quaternary nitrogens is 1. The molecule has 3 nitrogen and oxygen atoms in total. The van der Waals surface area contributed by atoms with Crippen LogP contribution in [0, 0.1) is 11.8 Å². The molecule has 3 rings (SSSR count). The van der Waals surface area contributed by atoms with Gasteiger partial charge in [-0.1, -0.05) is 6.92 Å². The van der Waals surface area contributed by atoms with E-state index in [1.165, 1.54) is 25.9 Å². The van der Waals surface area contributed by atoms with Crippen molar-refractivity contribution < 1.29 is 9.69 Å². The maximum atomic E-state index is 12.7. The van der Waals surface area contributed by atoms with Crippen LogP contribution in [0.5, 0.6) is 0 Å². The van der Waals surface area contributed by atoms with Gasteiger partial charge in [-0.2, -0.15) is 0 Å². The Morgan fingerprint density at radius 2 is 1.81 bits per heavy atom. The molecule has 0 aromatic rings. The first-order chi connectivity index (χ1) is 10.0. The lowest BCUT2D eigenvalue weighted by molar-refractivity contribution is -0.932. The Labute approximate surface area is 134 Å². The van der Waals surface area contributed by atoms with E-state index in [1.807, 2.05) is 0 Å². The number of nitrogens with one attached hydrogen (secondary N) is 1. The van der Waals surface area contributed by atoms with Crippen molar-refractivity contribution in [3.05, 3.63) is 0 Å². The quantitative estimate of drug-likeness (QED) is 0.802. The molecule has 1 N–H and O–H groups in total. The maximum absolute atomic E-state index is 12.7. The Bertz CT molecular complexity index is 381. The van der Waals surface area contributed by atoms with Crippen LogP contribution in [0.15, 0.2) is 0 Å². The summed E-state index contributed by atoms with van der Waals surface area (Å²) >= 11 is 6.16. The SMILES string of the molecule is CC1CCC2N(C1)CC(C)[NH+]2CC(=O)C1CCC(Cl)CC1. The summed E-state index contributed by atoms with van der Waals surface area (Å²) in [6.07, 6.45) is 7.27. The van der Waals surface area contributed by atoms with Crippen molar-refractivity contribution in [2.24, 2.45) is 11.8 Å². The standard InChI is InChI=1S/C17H29ClN2O/c1-12-3-8-17-19(9-12)10-13(2)20(17)11-16(21)14-4-6-15(18)7-5-14/h12-15,17H,3-11H2,1-2H3/p+1. The van der Waals surface area contributed by atoms with Crippen LogP contribution >= 0.6 is 11.6 Å². The van der Waals surface area contributed by atoms with Crippen molar-refractivity contribution in [1.29, 1.82) is 0 Å². The molecule has 4 atom stereocenters. The smallest absolute Gasteiger partial charge is 0.189 e. The predicted octanol–water partition coefficient (Wildman–Crippen LogP) is 1.70. The van der Waals surface area contributed by atoms with Crippen molar-refractivity contribution >= 4 is 17.4 Å². The Morgan fingerprint density at radius 3 is 2.52 bits per heavy atom. The van der Waals surface area contributed by atoms with E-state index in [0.29, 0.717) is 23.4 Å². The minimum Gasteiger partial charge on any atom is -0.310 e. The van der Waals surface area contributed by atoms with Crippen LogP contribution in [-0.4, -0.2) is 47.9 Å². The monoisotopic (exact) mass is 313 g/mol. The van der Waals surface area contributed by atoms with Crippen LogP contribution in [0.4, 0.5) is 0 Å². The third-order valence-corrected chi connectivity index (χ3v) is 6.42. The number of halogens is 1. The van der Waals surface area contributed by atoms with E-state index < -0.39 is 0 Å². The van der Waals surface area contributed by atoms with E-state index in [0.717, 1.165) is 38.1 Å². The highest BCUT2D eigenvalue weighted by Crippen LogP contribution is 2.28. The number of hydrogen-bond donors (Lipinski definition) is 1. The van der Waals surface area contributed by atoms with Gasteiger partial charge in [-0.05, 0) is 44.9 Å². The molecule has 2 saturated heterocycles. The van der Waals surface area contributed by atoms with Gasteiger partial charge in [-0.25, -0.2) is 4.90 Å². The molecule has 3 fully saturated rings. The molecule has 0 amide bonds. The van der Waals surface area contributed by atoms with Gasteiger partial charge < -0.3 is 4.90 Å². The number of fused-ring (bicyclic) bond motifs is 1. The Kier molecular flexibility index (Phi) is 4.92. The van der Waals surface area contributed by atoms with Gasteiger partial charge in [0.25, 0.3) is 0 Å². The highest BCUT2D eigenvalue weighted by atomic mass is 35.5. The summed E-state index contributed by atoms with van der Waals surface area (Å²) in [5, 5.41) is 0.308. The molecule has 4 unspecified atom stereocenters. The van der Waals surface area contributed by atoms with Gasteiger partial charge >= 0.3 is 0 Å². The number of Topliss-reactive ketones (excluding diaryl/α,β-unsaturated/α-hetero) is 1. The average molecular weight is 314 g/mol. The predicted molar refractivity (Wildman–Crippen MR) is 85.7 cm³/mol. The van der Waals surface area contributed by atoms with Crippen LogP contribution in [0.1, 0.15) is 52.4 Å². The fourth-order valence-electron chi connectivity index (χ4n) is 4.68. The summed E-state index contributed by atoms with van der Waals surface area (Å²) in [7, 11) is 0. The molecule has 1 aliphatic carbocycles. The summed E-state index contributed by atoms with van der Waals surface area (Å²) < 4.78 is 0. The molecule has 2 heterocycles. The van der Waals surface area contributed by atoms with Crippen LogP contribution in [0.2, 0.25) is 0 Å². The third kappa shape index (κ3) is 3.46. The van der Waals surface area contributed by atoms with E-state index in [9.17, 15) is 4.79 Å². The Morgan fingerprint density at radius 1 is 1.10 bits per heavy atom. The van der Waals surface area contributed by atoms with E-state index in [1.54, 1.807) is 4.90 Å². The number of hydrogen-bond acceptors (Lipinski definition) is 2. The lowest BCUT2D eigenvalue weighted by atomic mass is 9.85. The second-order valence-electron chi connectivity index (χ2n) is 7.72. The van der Waals surface area contributed by atoms with Crippen molar-refractivity contribution in [2.75, 3.05) is 19.6 Å². The van der Waals surface area contributed by atoms with Crippen molar-refractivity contribution in [3.8, 4) is 0 Å². The van der Waals surface area contributed by atoms with E-state index >= 15 is 0 Å². The molecular weight excluding hydrogens is 284 g/mol. The minimum absolute atomic E-state index is 0.288. The molecular formula is C17H30ClN2O+. The largest absolute Gasteiger partial charge is 0.310 e. The third-order valence-electron chi connectivity index (χ3n) is 5.98. The zero-order valence-corrected chi connectivity index (χ0v) is 14.2. The molecule has 1 saturated carbocycles. The molecule has 4 heteroatoms. The molecule has 0 aromatic heterocycles. The van der Waals surface area contributed by atoms with Crippen LogP contribution in [-0.2, 0) is 4.79 Å². The van der Waals surface area contributed by atoms with Crippen LogP contribution in [0.3, 0.4) is 0 Å². The summed E-state index contributed by atoms with van der Waals surface area (Å²) in [4.78, 5) is 16.8. The Hall–Kier alpha value is -0.120. The summed E-state index contributed by atoms with van der Waals surface area (Å²) in [5.41, 5.74) is 0. The lowest BCUT2D eigenvalue weighted by Gasteiger charge is -2.35. The van der Waals surface area contributed by atoms with E-state index in [2.05, 4.69) is 18.7 Å². The lowest BCUT2D eigenvalue weighted by Crippen LogP contribution is -3.18. The fraction of sp³-hybridized carbons (Fsp3) is 0.941. The molecule has 0 aromatic carbocycles. The number of alkyl halides is 1. The van der Waals surface area contributed by atoms with Gasteiger partial charge in [-0.15, -0.1) is 11.6 Å². The Balaban J connectivity index is 1.58. The summed E-state index contributed by atoms with van der Waals surface area (Å²) in [6, 6.07) is 0.605. The molecule has 2 aliphatic heterocycles. The highest BCUT2D eigenvalue weighted by molar-refractivity contribution is 6.20. The molecule has 0 spiro atoms. The molecule has 21 heavy (non-hydrogen) atoms. The number of carbonyl (C=O) groups excluding carboxylic acids is 1. The second-order valence-corrected chi connectivity index (χ2v) is 8.34. The molecule has 0 radical (unpaired) electrons. The van der Waals surface area contributed by atoms with Crippen LogP contribution in [0.25, 0.3) is 0 Å². The minimum atomic E-state index is 0.288. The normalized spacial score (nSPS) is 44.5. The zero-order valence-electron chi connectivity index (χ0n) is 13.5. The van der Waals surface area contributed by atoms with Gasteiger partial charge in [0, 0.05) is 24.3 Å². The van der Waals surface area contributed by atoms with Gasteiger partial charge in [0.15, 0.2) is 5.78 Å². The molecule has 3 aliphatic rings. The highest BCUT2D eigenvalue weighted by Gasteiger charge is 2.44. The second kappa shape index (κ2) is 6.55. The first-order valence-electron chi connectivity index (χ1n) is 8.81. The average Bonchev–Trinajstić information content (AvgIpc) is 2.75. The van der Waals surface area contributed by atoms with Crippen LogP contribution < -0.4 is 4.90 Å².